The molecule has 27 heavy (non-hydrogen) atoms. The van der Waals surface area contributed by atoms with Crippen LogP contribution >= 0.6 is 0 Å². The molecule has 0 radical (unpaired) electrons. The lowest BCUT2D eigenvalue weighted by atomic mass is 10.2. The van der Waals surface area contributed by atoms with Crippen LogP contribution in [0, 0.1) is 17.5 Å². The number of quaternary nitrogens is 1. The zero-order chi connectivity index (χ0) is 19.6. The maximum Gasteiger partial charge on any atom is 0.264 e. The SMILES string of the molecule is CC[NH+]1CCN(c2ccc(NS(=O)(=O)c3ccc(F)c(F)c3F)cc2)CC1. The summed E-state index contributed by atoms with van der Waals surface area (Å²) >= 11 is 0. The summed E-state index contributed by atoms with van der Waals surface area (Å²) in [6.07, 6.45) is 0. The van der Waals surface area contributed by atoms with Crippen LogP contribution in [0.15, 0.2) is 41.3 Å². The highest BCUT2D eigenvalue weighted by atomic mass is 32.2. The molecule has 0 spiro atoms. The second-order valence-corrected chi connectivity index (χ2v) is 8.07. The molecule has 2 aromatic rings. The quantitative estimate of drug-likeness (QED) is 0.751. The van der Waals surface area contributed by atoms with Crippen LogP contribution in [0.2, 0.25) is 0 Å². The predicted octanol–water partition coefficient (Wildman–Crippen LogP) is 1.63. The minimum absolute atomic E-state index is 0.209. The molecule has 0 saturated carbocycles. The van der Waals surface area contributed by atoms with Gasteiger partial charge in [-0.15, -0.1) is 0 Å². The standard InChI is InChI=1S/C18H20F3N3O2S/c1-2-23-9-11-24(12-10-23)14-5-3-13(4-6-14)22-27(25,26)16-8-7-15(19)17(20)18(16)21/h3-8,22H,2,9-12H2,1H3/p+1. The first-order chi connectivity index (χ1) is 12.8. The monoisotopic (exact) mass is 400 g/mol. The topological polar surface area (TPSA) is 53.9 Å². The molecule has 1 fully saturated rings. The molecule has 3 rings (SSSR count). The molecule has 1 saturated heterocycles. The Bertz CT molecular complexity index is 912. The van der Waals surface area contributed by atoms with Gasteiger partial charge < -0.3 is 9.80 Å². The molecule has 0 bridgehead atoms. The Morgan fingerprint density at radius 2 is 1.63 bits per heavy atom. The molecule has 0 unspecified atom stereocenters. The predicted molar refractivity (Wildman–Crippen MR) is 97.0 cm³/mol. The highest BCUT2D eigenvalue weighted by Crippen LogP contribution is 2.24. The third-order valence-corrected chi connectivity index (χ3v) is 6.14. The zero-order valence-corrected chi connectivity index (χ0v) is 15.6. The van der Waals surface area contributed by atoms with Crippen molar-refractivity contribution < 1.29 is 26.5 Å². The van der Waals surface area contributed by atoms with E-state index >= 15 is 0 Å². The Hall–Kier alpha value is -2.26. The van der Waals surface area contributed by atoms with Gasteiger partial charge >= 0.3 is 0 Å². The molecule has 0 amide bonds. The van der Waals surface area contributed by atoms with Crippen LogP contribution in [0.4, 0.5) is 24.5 Å². The average molecular weight is 400 g/mol. The van der Waals surface area contributed by atoms with E-state index in [0.29, 0.717) is 12.1 Å². The van der Waals surface area contributed by atoms with Gasteiger partial charge in [-0.05, 0) is 43.3 Å². The van der Waals surface area contributed by atoms with Crippen molar-refractivity contribution in [3.05, 3.63) is 53.8 Å². The number of rotatable bonds is 5. The Balaban J connectivity index is 1.74. The summed E-state index contributed by atoms with van der Waals surface area (Å²) < 4.78 is 66.9. The average Bonchev–Trinajstić information content (AvgIpc) is 2.66. The molecule has 0 aromatic heterocycles. The second kappa shape index (κ2) is 7.77. The first-order valence-electron chi connectivity index (χ1n) is 8.66. The Kier molecular flexibility index (Phi) is 5.61. The van der Waals surface area contributed by atoms with E-state index in [1.807, 2.05) is 0 Å². The van der Waals surface area contributed by atoms with E-state index in [1.165, 1.54) is 0 Å². The minimum atomic E-state index is -4.38. The number of likely N-dealkylation sites (N-methyl/N-ethyl adjacent to an activating group) is 1. The molecular formula is C18H21F3N3O2S+. The number of piperazine rings is 1. The Labute approximate surface area is 156 Å². The fourth-order valence-corrected chi connectivity index (χ4v) is 4.23. The lowest BCUT2D eigenvalue weighted by Crippen LogP contribution is -3.14. The van der Waals surface area contributed by atoms with Gasteiger partial charge in [0.25, 0.3) is 10.0 Å². The van der Waals surface area contributed by atoms with Crippen LogP contribution in [0.3, 0.4) is 0 Å². The number of hydrogen-bond acceptors (Lipinski definition) is 3. The van der Waals surface area contributed by atoms with Gasteiger partial charge in [0.15, 0.2) is 17.5 Å². The van der Waals surface area contributed by atoms with Crippen molar-refractivity contribution in [1.82, 2.24) is 0 Å². The van der Waals surface area contributed by atoms with Crippen LogP contribution in [-0.2, 0) is 10.0 Å². The van der Waals surface area contributed by atoms with E-state index in [1.54, 1.807) is 29.2 Å². The second-order valence-electron chi connectivity index (χ2n) is 6.42. The zero-order valence-electron chi connectivity index (χ0n) is 14.8. The molecule has 2 aromatic carbocycles. The van der Waals surface area contributed by atoms with Crippen molar-refractivity contribution in [3.8, 4) is 0 Å². The molecule has 2 N–H and O–H groups in total. The highest BCUT2D eigenvalue weighted by molar-refractivity contribution is 7.92. The third kappa shape index (κ3) is 4.19. The highest BCUT2D eigenvalue weighted by Gasteiger charge is 2.24. The number of anilines is 2. The number of sulfonamides is 1. The van der Waals surface area contributed by atoms with Crippen LogP contribution in [0.5, 0.6) is 0 Å². The van der Waals surface area contributed by atoms with Crippen molar-refractivity contribution >= 4 is 21.4 Å². The third-order valence-electron chi connectivity index (χ3n) is 4.74. The molecule has 146 valence electrons. The lowest BCUT2D eigenvalue weighted by Gasteiger charge is -2.33. The normalized spacial score (nSPS) is 15.8. The summed E-state index contributed by atoms with van der Waals surface area (Å²) in [6.45, 7) is 7.15. The van der Waals surface area contributed by atoms with Gasteiger partial charge in [0.2, 0.25) is 0 Å². The van der Waals surface area contributed by atoms with E-state index in [2.05, 4.69) is 16.5 Å². The summed E-state index contributed by atoms with van der Waals surface area (Å²) in [5, 5.41) is 0. The summed E-state index contributed by atoms with van der Waals surface area (Å²) in [5.41, 5.74) is 1.17. The summed E-state index contributed by atoms with van der Waals surface area (Å²) in [7, 11) is -4.38. The van der Waals surface area contributed by atoms with Crippen LogP contribution in [0.1, 0.15) is 6.92 Å². The van der Waals surface area contributed by atoms with Gasteiger partial charge in [0, 0.05) is 11.4 Å². The number of halogens is 3. The van der Waals surface area contributed by atoms with Crippen molar-refractivity contribution in [2.75, 3.05) is 42.3 Å². The van der Waals surface area contributed by atoms with Gasteiger partial charge in [-0.2, -0.15) is 0 Å². The molecule has 0 aliphatic carbocycles. The Morgan fingerprint density at radius 3 is 2.22 bits per heavy atom. The fraction of sp³-hybridized carbons (Fsp3) is 0.333. The minimum Gasteiger partial charge on any atom is -0.360 e. The molecule has 1 heterocycles. The summed E-state index contributed by atoms with van der Waals surface area (Å²) in [5.74, 6) is -5.00. The van der Waals surface area contributed by atoms with Gasteiger partial charge in [-0.1, -0.05) is 0 Å². The van der Waals surface area contributed by atoms with E-state index in [4.69, 9.17) is 0 Å². The summed E-state index contributed by atoms with van der Waals surface area (Å²) in [4.78, 5) is 2.82. The van der Waals surface area contributed by atoms with E-state index < -0.39 is 32.4 Å². The van der Waals surface area contributed by atoms with E-state index in [9.17, 15) is 21.6 Å². The molecule has 1 aliphatic heterocycles. The smallest absolute Gasteiger partial charge is 0.264 e. The molecule has 1 aliphatic rings. The van der Waals surface area contributed by atoms with Crippen molar-refractivity contribution in [2.24, 2.45) is 0 Å². The first-order valence-corrected chi connectivity index (χ1v) is 10.1. The van der Waals surface area contributed by atoms with E-state index in [-0.39, 0.29) is 5.69 Å². The van der Waals surface area contributed by atoms with Crippen molar-refractivity contribution in [2.45, 2.75) is 11.8 Å². The summed E-state index contributed by atoms with van der Waals surface area (Å²) in [6, 6.07) is 7.94. The van der Waals surface area contributed by atoms with Crippen molar-refractivity contribution in [1.29, 1.82) is 0 Å². The molecular weight excluding hydrogens is 379 g/mol. The van der Waals surface area contributed by atoms with Gasteiger partial charge in [0.1, 0.15) is 4.90 Å². The largest absolute Gasteiger partial charge is 0.360 e. The van der Waals surface area contributed by atoms with Crippen LogP contribution in [0.25, 0.3) is 0 Å². The number of benzene rings is 2. The lowest BCUT2D eigenvalue weighted by molar-refractivity contribution is -0.898. The van der Waals surface area contributed by atoms with Crippen LogP contribution < -0.4 is 14.5 Å². The number of nitrogens with zero attached hydrogens (tertiary/aromatic N) is 1. The number of nitrogens with one attached hydrogen (secondary N) is 2. The fourth-order valence-electron chi connectivity index (χ4n) is 3.10. The first kappa shape index (κ1) is 19.5. The molecule has 5 nitrogen and oxygen atoms in total. The van der Waals surface area contributed by atoms with Gasteiger partial charge in [-0.3, -0.25) is 4.72 Å². The van der Waals surface area contributed by atoms with Gasteiger partial charge in [0.05, 0.1) is 32.7 Å². The van der Waals surface area contributed by atoms with Crippen molar-refractivity contribution in [3.63, 3.8) is 0 Å². The van der Waals surface area contributed by atoms with E-state index in [0.717, 1.165) is 38.4 Å². The van der Waals surface area contributed by atoms with Crippen LogP contribution in [-0.4, -0.2) is 41.1 Å². The molecule has 0 atom stereocenters. The maximum atomic E-state index is 13.8. The Morgan fingerprint density at radius 1 is 1.00 bits per heavy atom. The maximum absolute atomic E-state index is 13.8. The number of hydrogen-bond donors (Lipinski definition) is 2. The molecule has 9 heteroatoms. The van der Waals surface area contributed by atoms with Gasteiger partial charge in [-0.25, -0.2) is 21.6 Å².